The van der Waals surface area contributed by atoms with Crippen molar-refractivity contribution in [2.45, 2.75) is 32.4 Å². The third kappa shape index (κ3) is 3.32. The van der Waals surface area contributed by atoms with E-state index in [1.807, 2.05) is 24.4 Å². The van der Waals surface area contributed by atoms with Crippen LogP contribution in [0.2, 0.25) is 0 Å². The molecule has 3 nitrogen and oxygen atoms in total. The molecule has 1 heterocycles. The van der Waals surface area contributed by atoms with E-state index in [0.29, 0.717) is 6.04 Å². The first-order valence-corrected chi connectivity index (χ1v) is 6.72. The highest BCUT2D eigenvalue weighted by atomic mass is 16.5. The minimum absolute atomic E-state index is 0.687. The molecule has 1 fully saturated rings. The van der Waals surface area contributed by atoms with Crippen molar-refractivity contribution in [1.29, 1.82) is 0 Å². The van der Waals surface area contributed by atoms with Crippen LogP contribution in [0.3, 0.4) is 0 Å². The number of nitrogens with one attached hydrogen (secondary N) is 1. The molecular formula is C16H18N2O. The Hall–Kier alpha value is -1.87. The molecule has 1 aromatic carbocycles. The summed E-state index contributed by atoms with van der Waals surface area (Å²) >= 11 is 0. The average molecular weight is 254 g/mol. The van der Waals surface area contributed by atoms with Gasteiger partial charge >= 0.3 is 0 Å². The van der Waals surface area contributed by atoms with E-state index in [9.17, 15) is 0 Å². The van der Waals surface area contributed by atoms with Gasteiger partial charge in [-0.05, 0) is 38.0 Å². The molecule has 3 heteroatoms. The lowest BCUT2D eigenvalue weighted by atomic mass is 10.2. The highest BCUT2D eigenvalue weighted by molar-refractivity contribution is 5.36. The molecule has 0 amide bonds. The van der Waals surface area contributed by atoms with Gasteiger partial charge in [-0.25, -0.2) is 0 Å². The lowest BCUT2D eigenvalue weighted by molar-refractivity contribution is 0.471. The predicted octanol–water partition coefficient (Wildman–Crippen LogP) is 3.43. The summed E-state index contributed by atoms with van der Waals surface area (Å²) in [4.78, 5) is 4.18. The van der Waals surface area contributed by atoms with Crippen molar-refractivity contribution < 1.29 is 4.74 Å². The van der Waals surface area contributed by atoms with Gasteiger partial charge in [0.05, 0.1) is 0 Å². The second-order valence-electron chi connectivity index (χ2n) is 5.05. The van der Waals surface area contributed by atoms with Crippen LogP contribution >= 0.6 is 0 Å². The number of rotatable bonds is 5. The van der Waals surface area contributed by atoms with Gasteiger partial charge in [0.15, 0.2) is 0 Å². The summed E-state index contributed by atoms with van der Waals surface area (Å²) < 4.78 is 5.94. The van der Waals surface area contributed by atoms with E-state index in [-0.39, 0.29) is 0 Å². The van der Waals surface area contributed by atoms with Gasteiger partial charge in [-0.2, -0.15) is 0 Å². The monoisotopic (exact) mass is 254 g/mol. The summed E-state index contributed by atoms with van der Waals surface area (Å²) in [5.74, 6) is 1.75. The van der Waals surface area contributed by atoms with Gasteiger partial charge in [0, 0.05) is 30.5 Å². The van der Waals surface area contributed by atoms with E-state index in [1.165, 1.54) is 18.4 Å². The van der Waals surface area contributed by atoms with Gasteiger partial charge in [0.2, 0.25) is 0 Å². The Labute approximate surface area is 113 Å². The molecule has 1 saturated carbocycles. The van der Waals surface area contributed by atoms with Crippen LogP contribution in [0.5, 0.6) is 11.5 Å². The predicted molar refractivity (Wildman–Crippen MR) is 75.4 cm³/mol. The second kappa shape index (κ2) is 5.41. The number of aryl methyl sites for hydroxylation is 1. The standard InChI is InChI=1S/C16H18N2O/c1-12-2-6-15(7-3-12)19-16-8-9-17-10-13(16)11-18-14-4-5-14/h2-3,6-10,14,18H,4-5,11H2,1H3. The Morgan fingerprint density at radius 2 is 2.00 bits per heavy atom. The number of pyridine rings is 1. The fourth-order valence-electron chi connectivity index (χ4n) is 1.92. The molecular weight excluding hydrogens is 236 g/mol. The summed E-state index contributed by atoms with van der Waals surface area (Å²) in [5, 5.41) is 3.49. The van der Waals surface area contributed by atoms with Gasteiger partial charge in [-0.15, -0.1) is 0 Å². The van der Waals surface area contributed by atoms with Crippen LogP contribution in [0.4, 0.5) is 0 Å². The van der Waals surface area contributed by atoms with Gasteiger partial charge in [-0.3, -0.25) is 4.98 Å². The Balaban J connectivity index is 1.73. The molecule has 1 aliphatic rings. The minimum Gasteiger partial charge on any atom is -0.457 e. The van der Waals surface area contributed by atoms with Crippen molar-refractivity contribution in [2.24, 2.45) is 0 Å². The number of aromatic nitrogens is 1. The summed E-state index contributed by atoms with van der Waals surface area (Å²) in [6, 6.07) is 10.7. The third-order valence-electron chi connectivity index (χ3n) is 3.27. The van der Waals surface area contributed by atoms with Crippen molar-refractivity contribution in [3.05, 3.63) is 53.9 Å². The van der Waals surface area contributed by atoms with Gasteiger partial charge in [0.1, 0.15) is 11.5 Å². The first-order valence-electron chi connectivity index (χ1n) is 6.72. The SMILES string of the molecule is Cc1ccc(Oc2ccncc2CNC2CC2)cc1. The molecule has 0 atom stereocenters. The Kier molecular flexibility index (Phi) is 3.47. The molecule has 0 saturated heterocycles. The summed E-state index contributed by atoms with van der Waals surface area (Å²) in [6.07, 6.45) is 6.21. The molecule has 0 bridgehead atoms. The average Bonchev–Trinajstić information content (AvgIpc) is 3.25. The molecule has 19 heavy (non-hydrogen) atoms. The van der Waals surface area contributed by atoms with Gasteiger partial charge < -0.3 is 10.1 Å². The number of hydrogen-bond acceptors (Lipinski definition) is 3. The molecule has 2 aromatic rings. The smallest absolute Gasteiger partial charge is 0.134 e. The van der Waals surface area contributed by atoms with Crippen molar-refractivity contribution in [3.63, 3.8) is 0 Å². The fourth-order valence-corrected chi connectivity index (χ4v) is 1.92. The molecule has 98 valence electrons. The zero-order valence-electron chi connectivity index (χ0n) is 11.1. The molecule has 1 aliphatic carbocycles. The van der Waals surface area contributed by atoms with Gasteiger partial charge in [-0.1, -0.05) is 17.7 Å². The molecule has 0 radical (unpaired) electrons. The molecule has 0 aliphatic heterocycles. The maximum atomic E-state index is 5.94. The maximum Gasteiger partial charge on any atom is 0.134 e. The van der Waals surface area contributed by atoms with Crippen LogP contribution in [0.15, 0.2) is 42.7 Å². The molecule has 3 rings (SSSR count). The van der Waals surface area contributed by atoms with E-state index in [4.69, 9.17) is 4.74 Å². The van der Waals surface area contributed by atoms with E-state index in [0.717, 1.165) is 23.6 Å². The minimum atomic E-state index is 0.687. The topological polar surface area (TPSA) is 34.1 Å². The van der Waals surface area contributed by atoms with E-state index < -0.39 is 0 Å². The summed E-state index contributed by atoms with van der Waals surface area (Å²) in [6.45, 7) is 2.89. The van der Waals surface area contributed by atoms with Crippen LogP contribution in [0.1, 0.15) is 24.0 Å². The van der Waals surface area contributed by atoms with E-state index in [1.54, 1.807) is 6.20 Å². The summed E-state index contributed by atoms with van der Waals surface area (Å²) in [7, 11) is 0. The van der Waals surface area contributed by atoms with Crippen LogP contribution in [0.25, 0.3) is 0 Å². The van der Waals surface area contributed by atoms with E-state index in [2.05, 4.69) is 29.4 Å². The Bertz CT molecular complexity index is 547. The quantitative estimate of drug-likeness (QED) is 0.887. The number of benzene rings is 1. The normalized spacial score (nSPS) is 14.4. The molecule has 1 aromatic heterocycles. The Morgan fingerprint density at radius 1 is 1.21 bits per heavy atom. The van der Waals surface area contributed by atoms with Crippen LogP contribution in [0, 0.1) is 6.92 Å². The van der Waals surface area contributed by atoms with E-state index >= 15 is 0 Å². The number of hydrogen-bond donors (Lipinski definition) is 1. The van der Waals surface area contributed by atoms with Crippen LogP contribution < -0.4 is 10.1 Å². The zero-order chi connectivity index (χ0) is 13.1. The maximum absolute atomic E-state index is 5.94. The van der Waals surface area contributed by atoms with Crippen molar-refractivity contribution in [2.75, 3.05) is 0 Å². The lowest BCUT2D eigenvalue weighted by Gasteiger charge is -2.11. The highest BCUT2D eigenvalue weighted by Gasteiger charge is 2.20. The molecule has 0 unspecified atom stereocenters. The van der Waals surface area contributed by atoms with Crippen molar-refractivity contribution >= 4 is 0 Å². The highest BCUT2D eigenvalue weighted by Crippen LogP contribution is 2.26. The summed E-state index contributed by atoms with van der Waals surface area (Å²) in [5.41, 5.74) is 2.34. The Morgan fingerprint density at radius 3 is 2.74 bits per heavy atom. The number of nitrogens with zero attached hydrogens (tertiary/aromatic N) is 1. The third-order valence-corrected chi connectivity index (χ3v) is 3.27. The van der Waals surface area contributed by atoms with Crippen molar-refractivity contribution in [1.82, 2.24) is 10.3 Å². The molecule has 0 spiro atoms. The molecule has 1 N–H and O–H groups in total. The van der Waals surface area contributed by atoms with Crippen LogP contribution in [-0.2, 0) is 6.54 Å². The van der Waals surface area contributed by atoms with Crippen LogP contribution in [-0.4, -0.2) is 11.0 Å². The fraction of sp³-hybridized carbons (Fsp3) is 0.312. The first-order chi connectivity index (χ1) is 9.31. The second-order valence-corrected chi connectivity index (χ2v) is 5.05. The van der Waals surface area contributed by atoms with Gasteiger partial charge in [0.25, 0.3) is 0 Å². The lowest BCUT2D eigenvalue weighted by Crippen LogP contribution is -2.15. The zero-order valence-corrected chi connectivity index (χ0v) is 11.1. The first kappa shape index (κ1) is 12.2. The largest absolute Gasteiger partial charge is 0.457 e. The number of ether oxygens (including phenoxy) is 1. The van der Waals surface area contributed by atoms with Crippen molar-refractivity contribution in [3.8, 4) is 11.5 Å².